The predicted molar refractivity (Wildman–Crippen MR) is 72.6 cm³/mol. The summed E-state index contributed by atoms with van der Waals surface area (Å²) in [6.45, 7) is 2.86. The van der Waals surface area contributed by atoms with Crippen LogP contribution in [0.3, 0.4) is 0 Å². The normalized spacial score (nSPS) is 10.3. The van der Waals surface area contributed by atoms with Crippen LogP contribution in [0.25, 0.3) is 0 Å². The van der Waals surface area contributed by atoms with Crippen molar-refractivity contribution in [1.29, 1.82) is 0 Å². The lowest BCUT2D eigenvalue weighted by Crippen LogP contribution is -2.00. The highest BCUT2D eigenvalue weighted by atomic mass is 79.9. The summed E-state index contributed by atoms with van der Waals surface area (Å²) in [6, 6.07) is 5.87. The van der Waals surface area contributed by atoms with Crippen molar-refractivity contribution in [2.75, 3.05) is 18.1 Å². The average Bonchev–Trinajstić information content (AvgIpc) is 2.26. The average molecular weight is 310 g/mol. The zero-order chi connectivity index (χ0) is 11.1. The summed E-state index contributed by atoms with van der Waals surface area (Å²) in [5.41, 5.74) is 1.16. The third-order valence-corrected chi connectivity index (χ3v) is 3.65. The molecule has 84 valence electrons. The standard InChI is InChI=1S/C11H14BrClOS/c1-2-15-6-5-14-11-4-3-9(8-12)7-10(11)13/h3-4,7H,2,5-6,8H2,1H3. The van der Waals surface area contributed by atoms with Crippen LogP contribution in [-0.2, 0) is 5.33 Å². The van der Waals surface area contributed by atoms with E-state index < -0.39 is 0 Å². The first-order valence-electron chi connectivity index (χ1n) is 4.83. The Balaban J connectivity index is 2.47. The maximum atomic E-state index is 6.07. The molecule has 1 nitrogen and oxygen atoms in total. The summed E-state index contributed by atoms with van der Waals surface area (Å²) in [5.74, 6) is 2.91. The van der Waals surface area contributed by atoms with E-state index in [1.165, 1.54) is 0 Å². The number of hydrogen-bond acceptors (Lipinski definition) is 2. The van der Waals surface area contributed by atoms with Crippen molar-refractivity contribution >= 4 is 39.3 Å². The Morgan fingerprint density at radius 1 is 1.47 bits per heavy atom. The fraction of sp³-hybridized carbons (Fsp3) is 0.455. The van der Waals surface area contributed by atoms with Crippen molar-refractivity contribution in [2.45, 2.75) is 12.3 Å². The highest BCUT2D eigenvalue weighted by molar-refractivity contribution is 9.08. The van der Waals surface area contributed by atoms with Crippen molar-refractivity contribution < 1.29 is 4.74 Å². The molecule has 0 aromatic heterocycles. The molecule has 0 aliphatic heterocycles. The van der Waals surface area contributed by atoms with Gasteiger partial charge >= 0.3 is 0 Å². The lowest BCUT2D eigenvalue weighted by molar-refractivity contribution is 0.344. The lowest BCUT2D eigenvalue weighted by atomic mass is 10.2. The molecular weight excluding hydrogens is 296 g/mol. The molecule has 0 bridgehead atoms. The van der Waals surface area contributed by atoms with Crippen LogP contribution in [0.5, 0.6) is 5.75 Å². The summed E-state index contributed by atoms with van der Waals surface area (Å²) in [7, 11) is 0. The Morgan fingerprint density at radius 3 is 2.87 bits per heavy atom. The molecule has 1 rings (SSSR count). The fourth-order valence-electron chi connectivity index (χ4n) is 1.10. The smallest absolute Gasteiger partial charge is 0.137 e. The first kappa shape index (κ1) is 13.2. The van der Waals surface area contributed by atoms with E-state index in [4.69, 9.17) is 16.3 Å². The van der Waals surface area contributed by atoms with Gasteiger partial charge in [-0.15, -0.1) is 0 Å². The molecule has 0 radical (unpaired) electrons. The van der Waals surface area contributed by atoms with Crippen LogP contribution in [0.4, 0.5) is 0 Å². The van der Waals surface area contributed by atoms with Crippen LogP contribution in [0.1, 0.15) is 12.5 Å². The topological polar surface area (TPSA) is 9.23 Å². The zero-order valence-corrected chi connectivity index (χ0v) is 11.8. The Kier molecular flexibility index (Phi) is 6.53. The third kappa shape index (κ3) is 4.66. The molecule has 0 spiro atoms. The molecule has 0 heterocycles. The number of hydrogen-bond donors (Lipinski definition) is 0. The largest absolute Gasteiger partial charge is 0.491 e. The van der Waals surface area contributed by atoms with Gasteiger partial charge in [0.1, 0.15) is 5.75 Å². The quantitative estimate of drug-likeness (QED) is 0.570. The monoisotopic (exact) mass is 308 g/mol. The van der Waals surface area contributed by atoms with Crippen LogP contribution >= 0.6 is 39.3 Å². The Morgan fingerprint density at radius 2 is 2.27 bits per heavy atom. The molecule has 1 aromatic carbocycles. The number of ether oxygens (including phenoxy) is 1. The molecule has 0 aliphatic rings. The minimum absolute atomic E-state index is 0.688. The van der Waals surface area contributed by atoms with Gasteiger partial charge in [0.2, 0.25) is 0 Å². The molecule has 15 heavy (non-hydrogen) atoms. The van der Waals surface area contributed by atoms with Gasteiger partial charge in [-0.3, -0.25) is 0 Å². The number of halogens is 2. The molecule has 0 atom stereocenters. The molecule has 0 aliphatic carbocycles. The maximum Gasteiger partial charge on any atom is 0.137 e. The van der Waals surface area contributed by atoms with Gasteiger partial charge in [-0.05, 0) is 23.4 Å². The number of rotatable bonds is 6. The minimum atomic E-state index is 0.688. The van der Waals surface area contributed by atoms with E-state index in [1.807, 2.05) is 30.0 Å². The predicted octanol–water partition coefficient (Wildman–Crippen LogP) is 4.37. The van der Waals surface area contributed by atoms with Crippen LogP contribution in [0.15, 0.2) is 18.2 Å². The maximum absolute atomic E-state index is 6.07. The van der Waals surface area contributed by atoms with E-state index in [0.717, 1.165) is 28.1 Å². The molecular formula is C11H14BrClOS. The van der Waals surface area contributed by atoms with Crippen molar-refractivity contribution in [3.63, 3.8) is 0 Å². The first-order chi connectivity index (χ1) is 7.27. The number of benzene rings is 1. The second-order valence-corrected chi connectivity index (χ2v) is 5.31. The SMILES string of the molecule is CCSCCOc1ccc(CBr)cc1Cl. The Labute approximate surface area is 109 Å². The summed E-state index contributed by atoms with van der Waals surface area (Å²) in [6.07, 6.45) is 0. The van der Waals surface area contributed by atoms with Gasteiger partial charge < -0.3 is 4.74 Å². The lowest BCUT2D eigenvalue weighted by Gasteiger charge is -2.08. The van der Waals surface area contributed by atoms with E-state index in [1.54, 1.807) is 0 Å². The van der Waals surface area contributed by atoms with Crippen molar-refractivity contribution in [3.05, 3.63) is 28.8 Å². The highest BCUT2D eigenvalue weighted by Gasteiger charge is 2.02. The number of thioether (sulfide) groups is 1. The van der Waals surface area contributed by atoms with Gasteiger partial charge in [0.05, 0.1) is 11.6 Å². The van der Waals surface area contributed by atoms with E-state index in [0.29, 0.717) is 11.6 Å². The summed E-state index contributed by atoms with van der Waals surface area (Å²) >= 11 is 11.3. The molecule has 0 unspecified atom stereocenters. The first-order valence-corrected chi connectivity index (χ1v) is 7.48. The van der Waals surface area contributed by atoms with Crippen molar-refractivity contribution in [3.8, 4) is 5.75 Å². The van der Waals surface area contributed by atoms with Gasteiger partial charge in [0.15, 0.2) is 0 Å². The minimum Gasteiger partial charge on any atom is -0.491 e. The van der Waals surface area contributed by atoms with Crippen molar-refractivity contribution in [2.24, 2.45) is 0 Å². The van der Waals surface area contributed by atoms with Crippen LogP contribution in [-0.4, -0.2) is 18.1 Å². The Hall–Kier alpha value is 0.140. The molecule has 0 amide bonds. The van der Waals surface area contributed by atoms with Gasteiger partial charge in [-0.1, -0.05) is 40.5 Å². The molecule has 4 heteroatoms. The van der Waals surface area contributed by atoms with Gasteiger partial charge in [-0.2, -0.15) is 11.8 Å². The summed E-state index contributed by atoms with van der Waals surface area (Å²) in [4.78, 5) is 0. The third-order valence-electron chi connectivity index (χ3n) is 1.84. The molecule has 1 aromatic rings. The van der Waals surface area contributed by atoms with E-state index >= 15 is 0 Å². The van der Waals surface area contributed by atoms with Crippen molar-refractivity contribution in [1.82, 2.24) is 0 Å². The fourth-order valence-corrected chi connectivity index (χ4v) is 2.20. The molecule has 0 N–H and O–H groups in total. The summed E-state index contributed by atoms with van der Waals surface area (Å²) < 4.78 is 5.57. The van der Waals surface area contributed by atoms with Crippen LogP contribution in [0, 0.1) is 0 Å². The van der Waals surface area contributed by atoms with Gasteiger partial charge in [-0.25, -0.2) is 0 Å². The van der Waals surface area contributed by atoms with Gasteiger partial charge in [0, 0.05) is 11.1 Å². The summed E-state index contributed by atoms with van der Waals surface area (Å²) in [5, 5.41) is 1.51. The molecule has 0 fully saturated rings. The van der Waals surface area contributed by atoms with Crippen LogP contribution < -0.4 is 4.74 Å². The molecule has 0 saturated heterocycles. The molecule has 0 saturated carbocycles. The van der Waals surface area contributed by atoms with E-state index in [9.17, 15) is 0 Å². The number of alkyl halides is 1. The van der Waals surface area contributed by atoms with Crippen LogP contribution in [0.2, 0.25) is 5.02 Å². The second kappa shape index (κ2) is 7.42. The highest BCUT2D eigenvalue weighted by Crippen LogP contribution is 2.26. The Bertz CT molecular complexity index is 307. The van der Waals surface area contributed by atoms with E-state index in [2.05, 4.69) is 22.9 Å². The van der Waals surface area contributed by atoms with E-state index in [-0.39, 0.29) is 0 Å². The van der Waals surface area contributed by atoms with Gasteiger partial charge in [0.25, 0.3) is 0 Å². The zero-order valence-electron chi connectivity index (χ0n) is 8.63. The second-order valence-electron chi connectivity index (χ2n) is 2.94.